The van der Waals surface area contributed by atoms with Gasteiger partial charge in [0.2, 0.25) is 11.8 Å². The van der Waals surface area contributed by atoms with Crippen LogP contribution in [-0.2, 0) is 29.7 Å². The molecule has 1 atom stereocenters. The van der Waals surface area contributed by atoms with E-state index in [0.717, 1.165) is 16.4 Å². The molecule has 3 rings (SSSR count). The lowest BCUT2D eigenvalue weighted by Crippen LogP contribution is -2.33. The largest absolute Gasteiger partial charge is 0.350 e. The van der Waals surface area contributed by atoms with Crippen LogP contribution >= 0.6 is 11.8 Å². The standard InChI is InChI=1S/C17H21N5O2S/c1-21-14(9-20-17(21)25-2)8-19-16(24)13-6-15(23)22(11-13)10-12-4-3-5-18-7-12/h3-5,7,9,13H,6,8,10-11H2,1-2H3,(H,19,24)/t13-/m0/s1. The Balaban J connectivity index is 1.54. The van der Waals surface area contributed by atoms with E-state index in [1.54, 1.807) is 35.3 Å². The van der Waals surface area contributed by atoms with E-state index in [1.807, 2.05) is 30.0 Å². The Bertz CT molecular complexity index is 762. The summed E-state index contributed by atoms with van der Waals surface area (Å²) in [5.74, 6) is -0.388. The molecular formula is C17H21N5O2S. The zero-order valence-corrected chi connectivity index (χ0v) is 15.1. The van der Waals surface area contributed by atoms with Crippen LogP contribution in [0, 0.1) is 5.92 Å². The Morgan fingerprint density at radius 3 is 2.96 bits per heavy atom. The predicted octanol–water partition coefficient (Wildman–Crippen LogP) is 1.20. The number of thioether (sulfide) groups is 1. The number of imidazole rings is 1. The average Bonchev–Trinajstić information content (AvgIpc) is 3.16. The van der Waals surface area contributed by atoms with E-state index >= 15 is 0 Å². The van der Waals surface area contributed by atoms with Crippen LogP contribution in [0.5, 0.6) is 0 Å². The van der Waals surface area contributed by atoms with Crippen molar-refractivity contribution in [2.75, 3.05) is 12.8 Å². The van der Waals surface area contributed by atoms with Crippen molar-refractivity contribution in [1.82, 2.24) is 24.8 Å². The molecule has 0 radical (unpaired) electrons. The van der Waals surface area contributed by atoms with Gasteiger partial charge in [0.15, 0.2) is 5.16 Å². The maximum atomic E-state index is 12.4. The van der Waals surface area contributed by atoms with Crippen molar-refractivity contribution >= 4 is 23.6 Å². The van der Waals surface area contributed by atoms with Crippen LogP contribution in [0.4, 0.5) is 0 Å². The Morgan fingerprint density at radius 1 is 1.44 bits per heavy atom. The molecule has 0 aromatic carbocycles. The SMILES string of the molecule is CSc1ncc(CNC(=O)[C@H]2CC(=O)N(Cc3cccnc3)C2)n1C. The lowest BCUT2D eigenvalue weighted by Gasteiger charge is -2.16. The first-order valence-corrected chi connectivity index (χ1v) is 9.30. The smallest absolute Gasteiger partial charge is 0.225 e. The van der Waals surface area contributed by atoms with E-state index in [2.05, 4.69) is 15.3 Å². The van der Waals surface area contributed by atoms with Gasteiger partial charge in [-0.1, -0.05) is 17.8 Å². The molecule has 25 heavy (non-hydrogen) atoms. The third kappa shape index (κ3) is 4.01. The van der Waals surface area contributed by atoms with Gasteiger partial charge in [-0.05, 0) is 17.9 Å². The summed E-state index contributed by atoms with van der Waals surface area (Å²) in [6, 6.07) is 3.77. The summed E-state index contributed by atoms with van der Waals surface area (Å²) >= 11 is 1.56. The Kier molecular flexibility index (Phi) is 5.37. The van der Waals surface area contributed by atoms with Crippen molar-refractivity contribution < 1.29 is 9.59 Å². The summed E-state index contributed by atoms with van der Waals surface area (Å²) in [6.45, 7) is 1.35. The minimum atomic E-state index is -0.308. The molecule has 0 aliphatic carbocycles. The summed E-state index contributed by atoms with van der Waals surface area (Å²) in [4.78, 5) is 34.7. The lowest BCUT2D eigenvalue weighted by molar-refractivity contribution is -0.129. The molecule has 1 aliphatic heterocycles. The van der Waals surface area contributed by atoms with Crippen molar-refractivity contribution in [3.8, 4) is 0 Å². The zero-order valence-electron chi connectivity index (χ0n) is 14.3. The van der Waals surface area contributed by atoms with Gasteiger partial charge in [0, 0.05) is 39.0 Å². The predicted molar refractivity (Wildman–Crippen MR) is 94.6 cm³/mol. The molecule has 0 bridgehead atoms. The second-order valence-corrected chi connectivity index (χ2v) is 6.82. The molecule has 7 nitrogen and oxygen atoms in total. The Labute approximate surface area is 150 Å². The first kappa shape index (κ1) is 17.5. The number of pyridine rings is 1. The number of rotatable bonds is 6. The number of carbonyl (C=O) groups excluding carboxylic acids is 2. The van der Waals surface area contributed by atoms with Crippen LogP contribution in [0.2, 0.25) is 0 Å². The molecule has 0 unspecified atom stereocenters. The fourth-order valence-corrected chi connectivity index (χ4v) is 3.46. The van der Waals surface area contributed by atoms with Crippen molar-refractivity contribution in [2.45, 2.75) is 24.7 Å². The third-order valence-electron chi connectivity index (χ3n) is 4.35. The maximum Gasteiger partial charge on any atom is 0.225 e. The number of nitrogens with zero attached hydrogens (tertiary/aromatic N) is 4. The lowest BCUT2D eigenvalue weighted by atomic mass is 10.1. The minimum Gasteiger partial charge on any atom is -0.350 e. The van der Waals surface area contributed by atoms with Crippen LogP contribution in [0.25, 0.3) is 0 Å². The van der Waals surface area contributed by atoms with Crippen LogP contribution in [0.15, 0.2) is 35.9 Å². The van der Waals surface area contributed by atoms with E-state index in [0.29, 0.717) is 19.6 Å². The van der Waals surface area contributed by atoms with Gasteiger partial charge in [-0.2, -0.15) is 0 Å². The molecule has 132 valence electrons. The highest BCUT2D eigenvalue weighted by Gasteiger charge is 2.34. The molecule has 2 aromatic rings. The van der Waals surface area contributed by atoms with Crippen LogP contribution in [0.3, 0.4) is 0 Å². The second kappa shape index (κ2) is 7.69. The highest BCUT2D eigenvalue weighted by molar-refractivity contribution is 7.98. The van der Waals surface area contributed by atoms with Crippen LogP contribution < -0.4 is 5.32 Å². The monoisotopic (exact) mass is 359 g/mol. The van der Waals surface area contributed by atoms with Gasteiger partial charge in [0.25, 0.3) is 0 Å². The second-order valence-electron chi connectivity index (χ2n) is 6.05. The summed E-state index contributed by atoms with van der Waals surface area (Å²) < 4.78 is 1.96. The van der Waals surface area contributed by atoms with Gasteiger partial charge in [-0.15, -0.1) is 0 Å². The molecule has 2 aromatic heterocycles. The number of aromatic nitrogens is 3. The number of hydrogen-bond acceptors (Lipinski definition) is 5. The van der Waals surface area contributed by atoms with Gasteiger partial charge in [-0.25, -0.2) is 4.98 Å². The molecule has 3 heterocycles. The third-order valence-corrected chi connectivity index (χ3v) is 5.09. The highest BCUT2D eigenvalue weighted by Crippen LogP contribution is 2.20. The van der Waals surface area contributed by atoms with Crippen molar-refractivity contribution in [3.05, 3.63) is 42.0 Å². The van der Waals surface area contributed by atoms with E-state index in [1.165, 1.54) is 0 Å². The number of carbonyl (C=O) groups is 2. The van der Waals surface area contributed by atoms with Crippen LogP contribution in [0.1, 0.15) is 17.7 Å². The highest BCUT2D eigenvalue weighted by atomic mass is 32.2. The van der Waals surface area contributed by atoms with Crippen molar-refractivity contribution in [3.63, 3.8) is 0 Å². The summed E-state index contributed by atoms with van der Waals surface area (Å²) in [5, 5.41) is 3.83. The number of likely N-dealkylation sites (tertiary alicyclic amines) is 1. The number of amides is 2. The Morgan fingerprint density at radius 2 is 2.28 bits per heavy atom. The van der Waals surface area contributed by atoms with E-state index in [4.69, 9.17) is 0 Å². The fraction of sp³-hybridized carbons (Fsp3) is 0.412. The molecule has 1 saturated heterocycles. The average molecular weight is 359 g/mol. The molecule has 0 saturated carbocycles. The normalized spacial score (nSPS) is 17.1. The van der Waals surface area contributed by atoms with Crippen LogP contribution in [-0.4, -0.2) is 44.0 Å². The van der Waals surface area contributed by atoms with Gasteiger partial charge in [0.1, 0.15) is 0 Å². The zero-order chi connectivity index (χ0) is 17.8. The van der Waals surface area contributed by atoms with E-state index in [9.17, 15) is 9.59 Å². The maximum absolute atomic E-state index is 12.4. The molecule has 1 N–H and O–H groups in total. The topological polar surface area (TPSA) is 80.1 Å². The van der Waals surface area contributed by atoms with Crippen molar-refractivity contribution in [2.24, 2.45) is 13.0 Å². The van der Waals surface area contributed by atoms with Gasteiger partial charge in [0.05, 0.1) is 24.4 Å². The first-order chi connectivity index (χ1) is 12.1. The Hall–Kier alpha value is -2.35. The summed E-state index contributed by atoms with van der Waals surface area (Å²) in [7, 11) is 1.93. The minimum absolute atomic E-state index is 0.00852. The van der Waals surface area contributed by atoms with Crippen molar-refractivity contribution in [1.29, 1.82) is 0 Å². The summed E-state index contributed by atoms with van der Waals surface area (Å²) in [6.07, 6.45) is 7.43. The molecular weight excluding hydrogens is 338 g/mol. The van der Waals surface area contributed by atoms with Gasteiger partial charge < -0.3 is 14.8 Å². The molecule has 1 aliphatic rings. The number of nitrogens with one attached hydrogen (secondary N) is 1. The quantitative estimate of drug-likeness (QED) is 0.784. The summed E-state index contributed by atoms with van der Waals surface area (Å²) in [5.41, 5.74) is 1.91. The first-order valence-electron chi connectivity index (χ1n) is 8.07. The van der Waals surface area contributed by atoms with Gasteiger partial charge >= 0.3 is 0 Å². The van der Waals surface area contributed by atoms with E-state index in [-0.39, 0.29) is 24.2 Å². The molecule has 0 spiro atoms. The van der Waals surface area contributed by atoms with E-state index < -0.39 is 0 Å². The molecule has 1 fully saturated rings. The van der Waals surface area contributed by atoms with Gasteiger partial charge in [-0.3, -0.25) is 14.6 Å². The molecule has 2 amide bonds. The molecule has 8 heteroatoms. The fourth-order valence-electron chi connectivity index (χ4n) is 2.91. The number of hydrogen-bond donors (Lipinski definition) is 1.